The minimum Gasteiger partial charge on any atom is -0.493 e. The number of esters is 1. The number of aryl methyl sites for hydroxylation is 1. The van der Waals surface area contributed by atoms with E-state index in [-0.39, 0.29) is 5.60 Å². The number of hydrogen-bond acceptors (Lipinski definition) is 9. The summed E-state index contributed by atoms with van der Waals surface area (Å²) in [6.45, 7) is 6.56. The number of nitrogens with zero attached hydrogens (tertiary/aromatic N) is 6. The lowest BCUT2D eigenvalue weighted by Gasteiger charge is -2.41. The Morgan fingerprint density at radius 1 is 1.17 bits per heavy atom. The fraction of sp³-hybridized carbons (Fsp3) is 0.467. The number of fused-ring (bicyclic) bond motifs is 7. The normalized spacial score (nSPS) is 18.1. The van der Waals surface area contributed by atoms with Crippen LogP contribution in [0, 0.1) is 6.92 Å². The van der Waals surface area contributed by atoms with Crippen LogP contribution in [-0.4, -0.2) is 74.5 Å². The third kappa shape index (κ3) is 5.39. The molecule has 1 aromatic carbocycles. The van der Waals surface area contributed by atoms with Gasteiger partial charge >= 0.3 is 5.97 Å². The van der Waals surface area contributed by atoms with E-state index in [9.17, 15) is 9.90 Å². The largest absolute Gasteiger partial charge is 0.493 e. The number of ether oxygens (including phenoxy) is 3. The van der Waals surface area contributed by atoms with Gasteiger partial charge < -0.3 is 24.2 Å². The van der Waals surface area contributed by atoms with Crippen molar-refractivity contribution in [1.82, 2.24) is 24.4 Å². The smallest absolute Gasteiger partial charge is 0.339 e. The maximum atomic E-state index is 12.5. The van der Waals surface area contributed by atoms with Gasteiger partial charge in [-0.25, -0.2) is 14.5 Å². The summed E-state index contributed by atoms with van der Waals surface area (Å²) in [5.41, 5.74) is 3.36. The van der Waals surface area contributed by atoms with Gasteiger partial charge in [0.05, 0.1) is 31.1 Å². The lowest BCUT2D eigenvalue weighted by Crippen LogP contribution is -2.45. The molecular weight excluding hydrogens is 524 g/mol. The summed E-state index contributed by atoms with van der Waals surface area (Å²) in [6, 6.07) is 9.95. The molecule has 216 valence electrons. The molecule has 0 radical (unpaired) electrons. The molecule has 0 amide bonds. The highest BCUT2D eigenvalue weighted by molar-refractivity contribution is 5.79. The minimum absolute atomic E-state index is 0.270. The number of hydrogen-bond donors (Lipinski definition) is 1. The molecule has 6 heterocycles. The van der Waals surface area contributed by atoms with Gasteiger partial charge in [-0.15, -0.1) is 5.10 Å². The lowest BCUT2D eigenvalue weighted by molar-refractivity contribution is -0.150. The molecule has 7 rings (SSSR count). The minimum atomic E-state index is -1.49. The van der Waals surface area contributed by atoms with Gasteiger partial charge in [0.25, 0.3) is 0 Å². The van der Waals surface area contributed by atoms with Gasteiger partial charge in [0, 0.05) is 44.1 Å². The molecule has 0 unspecified atom stereocenters. The predicted octanol–water partition coefficient (Wildman–Crippen LogP) is 3.57. The molecule has 6 bridgehead atoms. The average molecular weight is 561 g/mol. The van der Waals surface area contributed by atoms with Crippen LogP contribution >= 0.6 is 0 Å². The van der Waals surface area contributed by atoms with E-state index in [1.165, 1.54) is 7.11 Å². The maximum Gasteiger partial charge on any atom is 0.339 e. The summed E-state index contributed by atoms with van der Waals surface area (Å²) < 4.78 is 20.9. The number of benzene rings is 1. The molecule has 41 heavy (non-hydrogen) atoms. The number of anilines is 1. The van der Waals surface area contributed by atoms with Crippen LogP contribution in [0.15, 0.2) is 42.7 Å². The highest BCUT2D eigenvalue weighted by atomic mass is 16.5. The van der Waals surface area contributed by atoms with Crippen molar-refractivity contribution in [2.24, 2.45) is 0 Å². The number of piperidine rings is 1. The van der Waals surface area contributed by atoms with E-state index in [2.05, 4.69) is 23.0 Å². The SMILES string of the molecule is COC(=O)[C@@H](O)c1c(C)nc2cc3nn2c1N1CCC(C)(CC1)OCCCCOc1ccccc1Cc1cnn-3c1. The van der Waals surface area contributed by atoms with Gasteiger partial charge in [0.2, 0.25) is 0 Å². The van der Waals surface area contributed by atoms with Crippen molar-refractivity contribution in [1.29, 1.82) is 0 Å². The number of methoxy groups -OCH3 is 1. The topological polar surface area (TPSA) is 116 Å². The number of aliphatic hydroxyl groups excluding tert-OH is 1. The van der Waals surface area contributed by atoms with Crippen molar-refractivity contribution < 1.29 is 24.1 Å². The van der Waals surface area contributed by atoms with Gasteiger partial charge in [0.15, 0.2) is 17.6 Å². The van der Waals surface area contributed by atoms with Crippen LogP contribution in [0.2, 0.25) is 0 Å². The second kappa shape index (κ2) is 11.1. The summed E-state index contributed by atoms with van der Waals surface area (Å²) >= 11 is 0. The fourth-order valence-electron chi connectivity index (χ4n) is 5.70. The van der Waals surface area contributed by atoms with Crippen LogP contribution in [-0.2, 0) is 20.7 Å². The lowest BCUT2D eigenvalue weighted by atomic mass is 9.92. The molecule has 0 saturated carbocycles. The molecule has 1 atom stereocenters. The molecular formula is C30H36N6O5. The number of carbonyl (C=O) groups excluding carboxylic acids is 1. The molecule has 1 N–H and O–H groups in total. The standard InChI is InChI=1S/C30H36N6O5/c1-20-26(27(37)29(38)39-3)28-34-12-10-30(2,11-13-34)41-15-7-6-14-40-23-9-5-4-8-22(23)16-21-18-31-35(19-21)25-17-24(32-20)36(28)33-25/h4-5,8-9,17-19,27,37H,6-7,10-16H2,1-3H3/t27-/m0/s1. The van der Waals surface area contributed by atoms with Crippen molar-refractivity contribution in [3.8, 4) is 11.6 Å². The van der Waals surface area contributed by atoms with Gasteiger partial charge in [0.1, 0.15) is 11.6 Å². The van der Waals surface area contributed by atoms with E-state index in [0.717, 1.165) is 42.6 Å². The summed E-state index contributed by atoms with van der Waals surface area (Å²) in [5.74, 6) is 1.35. The van der Waals surface area contributed by atoms with E-state index >= 15 is 0 Å². The van der Waals surface area contributed by atoms with E-state index in [1.807, 2.05) is 36.7 Å². The Labute approximate surface area is 238 Å². The molecule has 0 aliphatic carbocycles. The predicted molar refractivity (Wildman–Crippen MR) is 152 cm³/mol. The first-order valence-electron chi connectivity index (χ1n) is 14.1. The summed E-state index contributed by atoms with van der Waals surface area (Å²) in [4.78, 5) is 19.4. The third-order valence-electron chi connectivity index (χ3n) is 8.09. The van der Waals surface area contributed by atoms with Gasteiger partial charge in [-0.3, -0.25) is 0 Å². The number of rotatable bonds is 2. The Morgan fingerprint density at radius 2 is 1.95 bits per heavy atom. The molecule has 11 heteroatoms. The van der Waals surface area contributed by atoms with Crippen LogP contribution in [0.4, 0.5) is 5.82 Å². The van der Waals surface area contributed by atoms with Crippen LogP contribution < -0.4 is 9.64 Å². The number of aromatic nitrogens is 5. The monoisotopic (exact) mass is 560 g/mol. The average Bonchev–Trinajstić information content (AvgIpc) is 3.61. The maximum absolute atomic E-state index is 12.5. The molecule has 3 aromatic heterocycles. The van der Waals surface area contributed by atoms with E-state index < -0.39 is 12.1 Å². The zero-order valence-corrected chi connectivity index (χ0v) is 23.7. The number of para-hydroxylation sites is 1. The molecule has 11 nitrogen and oxygen atoms in total. The van der Waals surface area contributed by atoms with Crippen molar-refractivity contribution in [2.75, 3.05) is 38.3 Å². The Bertz CT molecular complexity index is 1550. The van der Waals surface area contributed by atoms with Crippen molar-refractivity contribution >= 4 is 17.4 Å². The Morgan fingerprint density at radius 3 is 2.76 bits per heavy atom. The molecule has 3 aliphatic rings. The number of aliphatic hydroxyl groups is 1. The fourth-order valence-corrected chi connectivity index (χ4v) is 5.70. The zero-order chi connectivity index (χ0) is 28.6. The van der Waals surface area contributed by atoms with E-state index in [1.54, 1.807) is 16.1 Å². The van der Waals surface area contributed by atoms with Crippen LogP contribution in [0.25, 0.3) is 11.5 Å². The van der Waals surface area contributed by atoms with Gasteiger partial charge in [-0.2, -0.15) is 9.61 Å². The Kier molecular flexibility index (Phi) is 7.39. The first-order valence-corrected chi connectivity index (χ1v) is 14.1. The van der Waals surface area contributed by atoms with Crippen molar-refractivity contribution in [3.63, 3.8) is 0 Å². The number of carbonyl (C=O) groups is 1. The molecule has 1 fully saturated rings. The summed E-state index contributed by atoms with van der Waals surface area (Å²) in [7, 11) is 1.26. The van der Waals surface area contributed by atoms with Gasteiger partial charge in [-0.1, -0.05) is 18.2 Å². The molecule has 1 saturated heterocycles. The van der Waals surface area contributed by atoms with Crippen LogP contribution in [0.1, 0.15) is 61.1 Å². The molecule has 3 aliphatic heterocycles. The second-order valence-electron chi connectivity index (χ2n) is 11.1. The van der Waals surface area contributed by atoms with Crippen molar-refractivity contribution in [2.45, 2.75) is 57.7 Å². The quantitative estimate of drug-likeness (QED) is 0.367. The highest BCUT2D eigenvalue weighted by Gasteiger charge is 2.35. The molecule has 0 spiro atoms. The Balaban J connectivity index is 1.45. The first-order chi connectivity index (χ1) is 19.8. The third-order valence-corrected chi connectivity index (χ3v) is 8.09. The zero-order valence-electron chi connectivity index (χ0n) is 23.7. The van der Waals surface area contributed by atoms with Crippen LogP contribution in [0.3, 0.4) is 0 Å². The van der Waals surface area contributed by atoms with E-state index in [0.29, 0.717) is 61.3 Å². The van der Waals surface area contributed by atoms with Gasteiger partial charge in [-0.05, 0) is 56.7 Å². The second-order valence-corrected chi connectivity index (χ2v) is 11.1. The van der Waals surface area contributed by atoms with E-state index in [4.69, 9.17) is 24.3 Å². The van der Waals surface area contributed by atoms with Crippen molar-refractivity contribution in [3.05, 3.63) is 65.1 Å². The summed E-state index contributed by atoms with van der Waals surface area (Å²) in [6.07, 6.45) is 6.33. The van der Waals surface area contributed by atoms with Crippen LogP contribution in [0.5, 0.6) is 5.75 Å². The first kappa shape index (κ1) is 27.2. The molecule has 4 aromatic rings. The summed E-state index contributed by atoms with van der Waals surface area (Å²) in [5, 5.41) is 20.5. The Hall–Kier alpha value is -3.96. The highest BCUT2D eigenvalue weighted by Crippen LogP contribution is 2.35.